The molecule has 0 atom stereocenters. The van der Waals surface area contributed by atoms with Crippen LogP contribution in [0, 0.1) is 0 Å². The van der Waals surface area contributed by atoms with Gasteiger partial charge in [0.15, 0.2) is 0 Å². The maximum Gasteiger partial charge on any atom is 0.107 e. The minimum atomic E-state index is -1.18. The molecule has 19 heavy (non-hydrogen) atoms. The molecule has 0 spiro atoms. The highest BCUT2D eigenvalue weighted by molar-refractivity contribution is 5.98. The number of aromatic nitrogens is 1. The lowest BCUT2D eigenvalue weighted by Crippen LogP contribution is -2.49. The summed E-state index contributed by atoms with van der Waals surface area (Å²) in [6, 6.07) is 7.02. The van der Waals surface area contributed by atoms with Crippen LogP contribution in [0.5, 0.6) is 0 Å². The Balaban J connectivity index is 2.49. The van der Waals surface area contributed by atoms with Crippen LogP contribution in [0.2, 0.25) is 0 Å². The highest BCUT2D eigenvalue weighted by Gasteiger charge is 2.28. The summed E-state index contributed by atoms with van der Waals surface area (Å²) in [5.41, 5.74) is 6.49. The van der Waals surface area contributed by atoms with Crippen molar-refractivity contribution < 1.29 is 15.3 Å². The third kappa shape index (κ3) is 2.46. The minimum absolute atomic E-state index is 0.397. The maximum atomic E-state index is 9.34. The SMILES string of the molecule is Nc1ccc(NC(CO)(CO)CO)c2cccnc12. The van der Waals surface area contributed by atoms with Gasteiger partial charge in [-0.25, -0.2) is 0 Å². The molecule has 0 aliphatic carbocycles. The van der Waals surface area contributed by atoms with E-state index in [-0.39, 0.29) is 0 Å². The van der Waals surface area contributed by atoms with Crippen molar-refractivity contribution in [3.63, 3.8) is 0 Å². The van der Waals surface area contributed by atoms with Crippen LogP contribution in [0.25, 0.3) is 10.9 Å². The van der Waals surface area contributed by atoms with Gasteiger partial charge in [-0.1, -0.05) is 0 Å². The zero-order valence-corrected chi connectivity index (χ0v) is 10.4. The van der Waals surface area contributed by atoms with Crippen molar-refractivity contribution in [3.05, 3.63) is 30.5 Å². The van der Waals surface area contributed by atoms with Gasteiger partial charge in [0.1, 0.15) is 5.54 Å². The molecule has 0 saturated heterocycles. The second-order valence-corrected chi connectivity index (χ2v) is 4.48. The molecule has 0 amide bonds. The van der Waals surface area contributed by atoms with Gasteiger partial charge in [0.25, 0.3) is 0 Å². The quantitative estimate of drug-likeness (QED) is 0.483. The van der Waals surface area contributed by atoms with E-state index in [1.165, 1.54) is 0 Å². The fourth-order valence-corrected chi connectivity index (χ4v) is 1.86. The first-order valence-corrected chi connectivity index (χ1v) is 5.90. The molecule has 1 heterocycles. The van der Waals surface area contributed by atoms with Gasteiger partial charge in [0.05, 0.1) is 31.0 Å². The van der Waals surface area contributed by atoms with E-state index in [1.807, 2.05) is 6.07 Å². The van der Waals surface area contributed by atoms with Gasteiger partial charge in [0, 0.05) is 17.3 Å². The molecular formula is C13H17N3O3. The molecule has 6 nitrogen and oxygen atoms in total. The summed E-state index contributed by atoms with van der Waals surface area (Å²) in [6.07, 6.45) is 1.64. The van der Waals surface area contributed by atoms with Gasteiger partial charge >= 0.3 is 0 Å². The van der Waals surface area contributed by atoms with Crippen molar-refractivity contribution in [3.8, 4) is 0 Å². The minimum Gasteiger partial charge on any atom is -0.397 e. The van der Waals surface area contributed by atoms with Crippen LogP contribution in [-0.4, -0.2) is 45.7 Å². The first kappa shape index (κ1) is 13.5. The number of nitrogens with one attached hydrogen (secondary N) is 1. The third-order valence-corrected chi connectivity index (χ3v) is 3.11. The smallest absolute Gasteiger partial charge is 0.107 e. The van der Waals surface area contributed by atoms with Crippen molar-refractivity contribution in [1.29, 1.82) is 0 Å². The van der Waals surface area contributed by atoms with Crippen LogP contribution in [0.1, 0.15) is 0 Å². The molecule has 2 aromatic rings. The van der Waals surface area contributed by atoms with Gasteiger partial charge in [-0.15, -0.1) is 0 Å². The first-order chi connectivity index (χ1) is 9.15. The molecular weight excluding hydrogens is 246 g/mol. The van der Waals surface area contributed by atoms with Crippen molar-refractivity contribution >= 4 is 22.3 Å². The number of hydrogen-bond donors (Lipinski definition) is 5. The number of aliphatic hydroxyl groups excluding tert-OH is 3. The summed E-state index contributed by atoms with van der Waals surface area (Å²) >= 11 is 0. The zero-order chi connectivity index (χ0) is 13.9. The molecule has 2 rings (SSSR count). The Kier molecular flexibility index (Phi) is 3.84. The topological polar surface area (TPSA) is 112 Å². The number of anilines is 2. The predicted octanol–water partition coefficient (Wildman–Crippen LogP) is -0.0554. The lowest BCUT2D eigenvalue weighted by molar-refractivity contribution is 0.0834. The van der Waals surface area contributed by atoms with E-state index < -0.39 is 25.4 Å². The van der Waals surface area contributed by atoms with Crippen molar-refractivity contribution in [2.45, 2.75) is 5.54 Å². The van der Waals surface area contributed by atoms with Gasteiger partial charge in [-0.2, -0.15) is 0 Å². The van der Waals surface area contributed by atoms with E-state index in [4.69, 9.17) is 5.73 Å². The number of aliphatic hydroxyl groups is 3. The van der Waals surface area contributed by atoms with Crippen LogP contribution < -0.4 is 11.1 Å². The Morgan fingerprint density at radius 3 is 2.42 bits per heavy atom. The van der Waals surface area contributed by atoms with E-state index in [9.17, 15) is 15.3 Å². The lowest BCUT2D eigenvalue weighted by atomic mass is 10.0. The predicted molar refractivity (Wildman–Crippen MR) is 73.8 cm³/mol. The van der Waals surface area contributed by atoms with Crippen LogP contribution in [0.3, 0.4) is 0 Å². The van der Waals surface area contributed by atoms with Gasteiger partial charge in [-0.05, 0) is 24.3 Å². The molecule has 0 radical (unpaired) electrons. The van der Waals surface area contributed by atoms with Crippen LogP contribution in [0.4, 0.5) is 11.4 Å². The molecule has 1 aromatic carbocycles. The standard InChI is InChI=1S/C13H17N3O3/c14-10-3-4-11(9-2-1-5-15-12(9)10)16-13(6-17,7-18)8-19/h1-5,16-19H,6-8,14H2. The summed E-state index contributed by atoms with van der Waals surface area (Å²) in [6.45, 7) is -1.19. The highest BCUT2D eigenvalue weighted by Crippen LogP contribution is 2.28. The van der Waals surface area contributed by atoms with Crippen molar-refractivity contribution in [1.82, 2.24) is 4.98 Å². The molecule has 1 aromatic heterocycles. The molecule has 6 N–H and O–H groups in total. The monoisotopic (exact) mass is 263 g/mol. The Hall–Kier alpha value is -1.89. The van der Waals surface area contributed by atoms with Crippen molar-refractivity contribution in [2.75, 3.05) is 30.9 Å². The average Bonchev–Trinajstić information content (AvgIpc) is 2.48. The van der Waals surface area contributed by atoms with E-state index in [0.29, 0.717) is 16.9 Å². The number of hydrogen-bond acceptors (Lipinski definition) is 6. The summed E-state index contributed by atoms with van der Waals surface area (Å²) in [4.78, 5) is 4.20. The largest absolute Gasteiger partial charge is 0.397 e. The summed E-state index contributed by atoms with van der Waals surface area (Å²) in [7, 11) is 0. The Morgan fingerprint density at radius 2 is 1.79 bits per heavy atom. The first-order valence-electron chi connectivity index (χ1n) is 5.90. The number of pyridine rings is 1. The molecule has 0 fully saturated rings. The van der Waals surface area contributed by atoms with Gasteiger partial charge < -0.3 is 26.4 Å². The maximum absolute atomic E-state index is 9.34. The number of nitrogens with zero attached hydrogens (tertiary/aromatic N) is 1. The van der Waals surface area contributed by atoms with Crippen molar-refractivity contribution in [2.24, 2.45) is 0 Å². The summed E-state index contributed by atoms with van der Waals surface area (Å²) < 4.78 is 0. The van der Waals surface area contributed by atoms with E-state index in [0.717, 1.165) is 5.39 Å². The normalized spacial score (nSPS) is 11.7. The third-order valence-electron chi connectivity index (χ3n) is 3.11. The van der Waals surface area contributed by atoms with Gasteiger partial charge in [-0.3, -0.25) is 4.98 Å². The summed E-state index contributed by atoms with van der Waals surface area (Å²) in [5.74, 6) is 0. The average molecular weight is 263 g/mol. The van der Waals surface area contributed by atoms with Gasteiger partial charge in [0.2, 0.25) is 0 Å². The molecule has 102 valence electrons. The summed E-state index contributed by atoms with van der Waals surface area (Å²) in [5, 5.41) is 31.8. The van der Waals surface area contributed by atoms with Crippen LogP contribution >= 0.6 is 0 Å². The fourth-order valence-electron chi connectivity index (χ4n) is 1.86. The van der Waals surface area contributed by atoms with E-state index in [1.54, 1.807) is 24.4 Å². The molecule has 6 heteroatoms. The second kappa shape index (κ2) is 5.40. The Labute approximate surface area is 110 Å². The number of nitrogens with two attached hydrogens (primary N) is 1. The number of nitrogen functional groups attached to an aromatic ring is 1. The Bertz CT molecular complexity index is 562. The number of fused-ring (bicyclic) bond motifs is 1. The molecule has 0 saturated carbocycles. The van der Waals surface area contributed by atoms with Crippen LogP contribution in [0.15, 0.2) is 30.5 Å². The number of rotatable bonds is 5. The fraction of sp³-hybridized carbons (Fsp3) is 0.308. The molecule has 0 bridgehead atoms. The van der Waals surface area contributed by atoms with E-state index in [2.05, 4.69) is 10.3 Å². The molecule has 0 unspecified atom stereocenters. The highest BCUT2D eigenvalue weighted by atomic mass is 16.3. The molecule has 0 aliphatic rings. The van der Waals surface area contributed by atoms with Crippen LogP contribution in [-0.2, 0) is 0 Å². The Morgan fingerprint density at radius 1 is 1.11 bits per heavy atom. The molecule has 0 aliphatic heterocycles. The number of benzene rings is 1. The second-order valence-electron chi connectivity index (χ2n) is 4.48. The van der Waals surface area contributed by atoms with E-state index >= 15 is 0 Å². The zero-order valence-electron chi connectivity index (χ0n) is 10.4. The lowest BCUT2D eigenvalue weighted by Gasteiger charge is -2.30.